The lowest BCUT2D eigenvalue weighted by Crippen LogP contribution is -2.25. The van der Waals surface area contributed by atoms with Gasteiger partial charge in [0.2, 0.25) is 10.0 Å². The van der Waals surface area contributed by atoms with E-state index in [1.54, 1.807) is 32.9 Å². The van der Waals surface area contributed by atoms with Crippen LogP contribution in [0.2, 0.25) is 0 Å². The summed E-state index contributed by atoms with van der Waals surface area (Å²) in [7, 11) is -2.71. The molecule has 0 unspecified atom stereocenters. The topological polar surface area (TPSA) is 119 Å². The van der Waals surface area contributed by atoms with Crippen LogP contribution in [-0.4, -0.2) is 38.2 Å². The molecule has 2 rings (SSSR count). The predicted octanol–water partition coefficient (Wildman–Crippen LogP) is 2.67. The largest absolute Gasteiger partial charge is 0.507 e. The van der Waals surface area contributed by atoms with E-state index in [9.17, 15) is 23.1 Å². The molecule has 0 aliphatic carbocycles. The number of phenolic OH excluding ortho intramolecular Hbond substituents is 1. The van der Waals surface area contributed by atoms with E-state index in [-0.39, 0.29) is 22.8 Å². The molecule has 28 heavy (non-hydrogen) atoms. The lowest BCUT2D eigenvalue weighted by atomic mass is 10.1. The third-order valence-corrected chi connectivity index (χ3v) is 5.85. The van der Waals surface area contributed by atoms with Gasteiger partial charge in [0.1, 0.15) is 21.8 Å². The van der Waals surface area contributed by atoms with Crippen LogP contribution in [0.25, 0.3) is 0 Å². The molecule has 1 heterocycles. The minimum Gasteiger partial charge on any atom is -0.507 e. The first-order valence-electron chi connectivity index (χ1n) is 8.16. The highest BCUT2D eigenvalue weighted by Gasteiger charge is 2.23. The maximum Gasteiger partial charge on any atom is 0.348 e. The van der Waals surface area contributed by atoms with E-state index in [1.807, 2.05) is 0 Å². The molecule has 0 saturated heterocycles. The Labute approximate surface area is 167 Å². The van der Waals surface area contributed by atoms with Gasteiger partial charge in [0, 0.05) is 11.4 Å². The van der Waals surface area contributed by atoms with Gasteiger partial charge in [0.15, 0.2) is 0 Å². The number of hydrogen-bond donors (Lipinski definition) is 2. The molecule has 0 aliphatic heterocycles. The molecule has 0 bridgehead atoms. The zero-order valence-electron chi connectivity index (χ0n) is 15.8. The zero-order valence-corrected chi connectivity index (χ0v) is 17.4. The molecule has 1 aromatic carbocycles. The second kappa shape index (κ2) is 8.29. The average Bonchev–Trinajstić information content (AvgIpc) is 3.07. The van der Waals surface area contributed by atoms with Gasteiger partial charge in [0.05, 0.1) is 12.0 Å². The third-order valence-electron chi connectivity index (χ3n) is 3.38. The quantitative estimate of drug-likeness (QED) is 0.680. The van der Waals surface area contributed by atoms with Crippen molar-refractivity contribution in [2.24, 2.45) is 0 Å². The Morgan fingerprint density at radius 2 is 1.82 bits per heavy atom. The number of carbonyl (C=O) groups excluding carboxylic acids is 2. The Hall–Kier alpha value is -2.43. The fourth-order valence-electron chi connectivity index (χ4n) is 2.11. The smallest absolute Gasteiger partial charge is 0.348 e. The Balaban J connectivity index is 2.19. The molecule has 0 aliphatic rings. The maximum atomic E-state index is 12.5. The fourth-order valence-corrected chi connectivity index (χ4v) is 4.10. The Morgan fingerprint density at radius 1 is 1.14 bits per heavy atom. The molecule has 1 aromatic heterocycles. The van der Waals surface area contributed by atoms with E-state index >= 15 is 0 Å². The Kier molecular flexibility index (Phi) is 6.48. The normalized spacial score (nSPS) is 11.9. The van der Waals surface area contributed by atoms with Crippen LogP contribution >= 0.6 is 11.3 Å². The number of esters is 2. The second-order valence-electron chi connectivity index (χ2n) is 6.76. The highest BCUT2D eigenvalue weighted by Crippen LogP contribution is 2.24. The molecule has 10 heteroatoms. The van der Waals surface area contributed by atoms with Crippen molar-refractivity contribution in [2.45, 2.75) is 37.8 Å². The average molecular weight is 428 g/mol. The number of hydrogen-bond acceptors (Lipinski definition) is 8. The van der Waals surface area contributed by atoms with E-state index in [0.29, 0.717) is 9.75 Å². The second-order valence-corrected chi connectivity index (χ2v) is 9.70. The van der Waals surface area contributed by atoms with E-state index < -0.39 is 27.6 Å². The van der Waals surface area contributed by atoms with Crippen molar-refractivity contribution in [3.63, 3.8) is 0 Å². The summed E-state index contributed by atoms with van der Waals surface area (Å²) in [6, 6.07) is 6.51. The van der Waals surface area contributed by atoms with Gasteiger partial charge in [-0.05, 0) is 51.1 Å². The lowest BCUT2D eigenvalue weighted by molar-refractivity contribution is 0.00663. The van der Waals surface area contributed by atoms with E-state index in [2.05, 4.69) is 9.46 Å². The van der Waals surface area contributed by atoms with Gasteiger partial charge < -0.3 is 14.6 Å². The van der Waals surface area contributed by atoms with Crippen molar-refractivity contribution < 1.29 is 32.6 Å². The van der Waals surface area contributed by atoms with Crippen molar-refractivity contribution >= 4 is 33.3 Å². The van der Waals surface area contributed by atoms with Gasteiger partial charge >= 0.3 is 11.9 Å². The van der Waals surface area contributed by atoms with E-state index in [4.69, 9.17) is 4.74 Å². The Bertz CT molecular complexity index is 988. The van der Waals surface area contributed by atoms with Gasteiger partial charge in [-0.3, -0.25) is 0 Å². The number of nitrogens with one attached hydrogen (secondary N) is 1. The number of methoxy groups -OCH3 is 1. The molecule has 0 atom stereocenters. The fraction of sp³-hybridized carbons (Fsp3) is 0.333. The van der Waals surface area contributed by atoms with Crippen LogP contribution in [0, 0.1) is 0 Å². The number of ether oxygens (including phenoxy) is 2. The van der Waals surface area contributed by atoms with Crippen molar-refractivity contribution in [3.05, 3.63) is 45.6 Å². The summed E-state index contributed by atoms with van der Waals surface area (Å²) in [6.45, 7) is 4.93. The van der Waals surface area contributed by atoms with Crippen LogP contribution in [0.4, 0.5) is 0 Å². The SMILES string of the molecule is COC(=O)c1ccc(CNS(=O)(=O)c2ccc(O)c(C(=O)OC(C)(C)C)c2)s1. The summed E-state index contributed by atoms with van der Waals surface area (Å²) < 4.78 is 37.3. The number of carbonyl (C=O) groups is 2. The molecular formula is C18H21NO7S2. The number of sulfonamides is 1. The first-order valence-corrected chi connectivity index (χ1v) is 10.5. The molecule has 0 saturated carbocycles. The van der Waals surface area contributed by atoms with Crippen LogP contribution in [0.1, 0.15) is 45.7 Å². The van der Waals surface area contributed by atoms with E-state index in [0.717, 1.165) is 23.5 Å². The summed E-state index contributed by atoms with van der Waals surface area (Å²) >= 11 is 1.10. The number of benzene rings is 1. The number of rotatable bonds is 6. The first kappa shape index (κ1) is 21.9. The van der Waals surface area contributed by atoms with Crippen LogP contribution < -0.4 is 4.72 Å². The molecule has 0 fully saturated rings. The van der Waals surface area contributed by atoms with Crippen molar-refractivity contribution in [3.8, 4) is 5.75 Å². The highest BCUT2D eigenvalue weighted by molar-refractivity contribution is 7.89. The molecule has 2 aromatic rings. The minimum absolute atomic E-state index is 0.0490. The van der Waals surface area contributed by atoms with Crippen molar-refractivity contribution in [1.29, 1.82) is 0 Å². The van der Waals surface area contributed by atoms with Crippen molar-refractivity contribution in [2.75, 3.05) is 7.11 Å². The van der Waals surface area contributed by atoms with Gasteiger partial charge in [0.25, 0.3) is 0 Å². The van der Waals surface area contributed by atoms with Crippen molar-refractivity contribution in [1.82, 2.24) is 4.72 Å². The molecular weight excluding hydrogens is 406 g/mol. The van der Waals surface area contributed by atoms with Gasteiger partial charge in [-0.15, -0.1) is 11.3 Å². The van der Waals surface area contributed by atoms with E-state index in [1.165, 1.54) is 13.2 Å². The maximum absolute atomic E-state index is 12.5. The predicted molar refractivity (Wildman–Crippen MR) is 103 cm³/mol. The monoisotopic (exact) mass is 427 g/mol. The highest BCUT2D eigenvalue weighted by atomic mass is 32.2. The first-order chi connectivity index (χ1) is 12.9. The molecule has 152 valence electrons. The third kappa shape index (κ3) is 5.54. The summed E-state index contributed by atoms with van der Waals surface area (Å²) in [4.78, 5) is 24.4. The summed E-state index contributed by atoms with van der Waals surface area (Å²) in [5.41, 5.74) is -1.05. The van der Waals surface area contributed by atoms with Crippen LogP contribution in [0.15, 0.2) is 35.2 Å². The minimum atomic E-state index is -3.97. The zero-order chi connectivity index (χ0) is 21.1. The molecule has 2 N–H and O–H groups in total. The van der Waals surface area contributed by atoms with Crippen LogP contribution in [0.5, 0.6) is 5.75 Å². The lowest BCUT2D eigenvalue weighted by Gasteiger charge is -2.20. The summed E-state index contributed by atoms with van der Waals surface area (Å²) in [5, 5.41) is 9.90. The van der Waals surface area contributed by atoms with Crippen LogP contribution in [-0.2, 0) is 26.0 Å². The standard InChI is InChI=1S/C18H21NO7S2/c1-18(2,3)26-16(21)13-9-12(6-7-14(13)20)28(23,24)19-10-11-5-8-15(27-11)17(22)25-4/h5-9,19-20H,10H2,1-4H3. The summed E-state index contributed by atoms with van der Waals surface area (Å²) in [6.07, 6.45) is 0. The number of aromatic hydroxyl groups is 1. The Morgan fingerprint density at radius 3 is 2.43 bits per heavy atom. The summed E-state index contributed by atoms with van der Waals surface area (Å²) in [5.74, 6) is -1.71. The van der Waals surface area contributed by atoms with Gasteiger partial charge in [-0.25, -0.2) is 22.7 Å². The van der Waals surface area contributed by atoms with Crippen LogP contribution in [0.3, 0.4) is 0 Å². The number of thiophene rings is 1. The van der Waals surface area contributed by atoms with Gasteiger partial charge in [-0.2, -0.15) is 0 Å². The van der Waals surface area contributed by atoms with Gasteiger partial charge in [-0.1, -0.05) is 0 Å². The molecule has 0 radical (unpaired) electrons. The number of phenols is 1. The molecule has 0 spiro atoms. The molecule has 8 nitrogen and oxygen atoms in total. The molecule has 0 amide bonds.